The molecular weight excluding hydrogens is 434 g/mol. The Balaban J connectivity index is 1.19. The van der Waals surface area contributed by atoms with E-state index in [0.29, 0.717) is 30.8 Å². The molecule has 0 saturated heterocycles. The van der Waals surface area contributed by atoms with Crippen LogP contribution in [0.15, 0.2) is 46.3 Å². The van der Waals surface area contributed by atoms with Gasteiger partial charge in [-0.15, -0.1) is 0 Å². The third-order valence-electron chi connectivity index (χ3n) is 6.31. The number of hydrogen-bond acceptors (Lipinski definition) is 6. The quantitative estimate of drug-likeness (QED) is 0.441. The maximum atomic E-state index is 12.5. The van der Waals surface area contributed by atoms with Crippen LogP contribution in [0.5, 0.6) is 5.75 Å². The third-order valence-corrected chi connectivity index (χ3v) is 6.31. The number of aliphatic hydroxyl groups is 1. The summed E-state index contributed by atoms with van der Waals surface area (Å²) in [5.74, 6) is 0.752. The van der Waals surface area contributed by atoms with E-state index in [1.54, 1.807) is 17.9 Å². The molecule has 0 radical (unpaired) electrons. The van der Waals surface area contributed by atoms with Crippen molar-refractivity contribution >= 4 is 16.7 Å². The number of imidazole rings is 1. The molecule has 0 fully saturated rings. The second-order valence-electron chi connectivity index (χ2n) is 8.84. The molecule has 1 aliphatic rings. The molecule has 3 aromatic rings. The van der Waals surface area contributed by atoms with Gasteiger partial charge < -0.3 is 19.7 Å². The fourth-order valence-electron chi connectivity index (χ4n) is 4.33. The van der Waals surface area contributed by atoms with E-state index in [2.05, 4.69) is 28.5 Å². The Morgan fingerprint density at radius 1 is 1.15 bits per heavy atom. The summed E-state index contributed by atoms with van der Waals surface area (Å²) in [4.78, 5) is 28.7. The molecule has 34 heavy (non-hydrogen) atoms. The third kappa shape index (κ3) is 5.31. The van der Waals surface area contributed by atoms with Gasteiger partial charge in [0.15, 0.2) is 11.2 Å². The molecule has 0 bridgehead atoms. The van der Waals surface area contributed by atoms with Crippen molar-refractivity contribution in [3.8, 4) is 5.75 Å². The summed E-state index contributed by atoms with van der Waals surface area (Å²) in [5.41, 5.74) is 2.73. The summed E-state index contributed by atoms with van der Waals surface area (Å²) in [5, 5.41) is 13.4. The minimum Gasteiger partial charge on any atom is -0.491 e. The summed E-state index contributed by atoms with van der Waals surface area (Å²) < 4.78 is 9.97. The molecule has 2 N–H and O–H groups in total. The topological polar surface area (TPSA) is 103 Å². The fourth-order valence-corrected chi connectivity index (χ4v) is 4.33. The highest BCUT2D eigenvalue weighted by Crippen LogP contribution is 2.27. The SMILES string of the molecule is Cn1c(=O)c2c(ncn2CCCNCC(O)COc2ccc(C3=CCCCC3)cc2)n(C)c1=O. The molecule has 2 heterocycles. The van der Waals surface area contributed by atoms with E-state index >= 15 is 0 Å². The first-order valence-corrected chi connectivity index (χ1v) is 11.9. The van der Waals surface area contributed by atoms with Gasteiger partial charge in [-0.1, -0.05) is 18.2 Å². The molecule has 1 aliphatic carbocycles. The lowest BCUT2D eigenvalue weighted by Crippen LogP contribution is -2.37. The van der Waals surface area contributed by atoms with Crippen LogP contribution in [0, 0.1) is 0 Å². The van der Waals surface area contributed by atoms with Crippen LogP contribution in [-0.4, -0.2) is 49.6 Å². The molecular formula is C25H33N5O4. The van der Waals surface area contributed by atoms with E-state index < -0.39 is 11.8 Å². The number of fused-ring (bicyclic) bond motifs is 1. The Morgan fingerprint density at radius 2 is 1.94 bits per heavy atom. The van der Waals surface area contributed by atoms with Crippen molar-refractivity contribution in [3.63, 3.8) is 0 Å². The molecule has 182 valence electrons. The van der Waals surface area contributed by atoms with Crippen LogP contribution < -0.4 is 21.3 Å². The molecule has 1 unspecified atom stereocenters. The predicted octanol–water partition coefficient (Wildman–Crippen LogP) is 1.81. The normalized spacial score (nSPS) is 14.9. The number of allylic oxidation sites excluding steroid dienone is 2. The zero-order chi connectivity index (χ0) is 24.1. The predicted molar refractivity (Wildman–Crippen MR) is 132 cm³/mol. The van der Waals surface area contributed by atoms with Gasteiger partial charge >= 0.3 is 5.69 Å². The smallest absolute Gasteiger partial charge is 0.332 e. The zero-order valence-corrected chi connectivity index (χ0v) is 19.9. The highest BCUT2D eigenvalue weighted by atomic mass is 16.5. The lowest BCUT2D eigenvalue weighted by molar-refractivity contribution is 0.106. The van der Waals surface area contributed by atoms with Crippen molar-refractivity contribution in [3.05, 3.63) is 63.1 Å². The van der Waals surface area contributed by atoms with Crippen molar-refractivity contribution in [1.29, 1.82) is 0 Å². The van der Waals surface area contributed by atoms with E-state index in [4.69, 9.17) is 4.74 Å². The average molecular weight is 468 g/mol. The fraction of sp³-hybridized carbons (Fsp3) is 0.480. The van der Waals surface area contributed by atoms with Gasteiger partial charge in [0.05, 0.1) is 6.33 Å². The molecule has 4 rings (SSSR count). The first-order valence-electron chi connectivity index (χ1n) is 11.9. The first-order chi connectivity index (χ1) is 16.5. The lowest BCUT2D eigenvalue weighted by Gasteiger charge is -2.15. The van der Waals surface area contributed by atoms with E-state index in [1.807, 2.05) is 12.1 Å². The van der Waals surface area contributed by atoms with Gasteiger partial charge in [-0.25, -0.2) is 9.78 Å². The van der Waals surface area contributed by atoms with Gasteiger partial charge in [-0.3, -0.25) is 13.9 Å². The maximum Gasteiger partial charge on any atom is 0.332 e. The van der Waals surface area contributed by atoms with Crippen LogP contribution in [0.25, 0.3) is 16.7 Å². The molecule has 2 aromatic heterocycles. The van der Waals surface area contributed by atoms with Crippen LogP contribution in [0.3, 0.4) is 0 Å². The van der Waals surface area contributed by atoms with Crippen LogP contribution in [0.4, 0.5) is 0 Å². The summed E-state index contributed by atoms with van der Waals surface area (Å²) in [7, 11) is 3.07. The Kier molecular flexibility index (Phi) is 7.64. The van der Waals surface area contributed by atoms with Crippen LogP contribution in [0.2, 0.25) is 0 Å². The molecule has 1 aromatic carbocycles. The number of rotatable bonds is 10. The molecule has 9 nitrogen and oxygen atoms in total. The second kappa shape index (κ2) is 10.8. The highest BCUT2D eigenvalue weighted by Gasteiger charge is 2.14. The highest BCUT2D eigenvalue weighted by molar-refractivity contribution is 5.70. The van der Waals surface area contributed by atoms with Crippen LogP contribution >= 0.6 is 0 Å². The number of ether oxygens (including phenoxy) is 1. The maximum absolute atomic E-state index is 12.5. The van der Waals surface area contributed by atoms with Crippen molar-refractivity contribution < 1.29 is 9.84 Å². The van der Waals surface area contributed by atoms with Crippen molar-refractivity contribution in [2.75, 3.05) is 19.7 Å². The van der Waals surface area contributed by atoms with Gasteiger partial charge in [-0.05, 0) is 61.9 Å². The van der Waals surface area contributed by atoms with E-state index in [9.17, 15) is 14.7 Å². The standard InChI is InChI=1S/C25H33N5O4/c1-28-23-22(24(32)29(2)25(28)33)30(17-27-23)14-6-13-26-15-20(31)16-34-21-11-9-19(10-12-21)18-7-4-3-5-8-18/h7,9-12,17,20,26,31H,3-6,8,13-16H2,1-2H3. The van der Waals surface area contributed by atoms with Gasteiger partial charge in [0.1, 0.15) is 18.5 Å². The minimum atomic E-state index is -0.628. The average Bonchev–Trinajstić information content (AvgIpc) is 3.29. The molecule has 0 saturated carbocycles. The largest absolute Gasteiger partial charge is 0.491 e. The molecule has 0 amide bonds. The number of benzene rings is 1. The minimum absolute atomic E-state index is 0.214. The molecule has 0 spiro atoms. The number of aryl methyl sites for hydroxylation is 2. The van der Waals surface area contributed by atoms with Crippen molar-refractivity contribution in [1.82, 2.24) is 24.0 Å². The van der Waals surface area contributed by atoms with Gasteiger partial charge in [-0.2, -0.15) is 0 Å². The molecule has 1 atom stereocenters. The Labute approximate surface area is 198 Å². The summed E-state index contributed by atoms with van der Waals surface area (Å²) >= 11 is 0. The van der Waals surface area contributed by atoms with Gasteiger partial charge in [0.25, 0.3) is 5.56 Å². The number of nitrogens with one attached hydrogen (secondary N) is 1. The Hall–Kier alpha value is -3.17. The summed E-state index contributed by atoms with van der Waals surface area (Å²) in [6.07, 6.45) is 8.85. The molecule has 9 heteroatoms. The van der Waals surface area contributed by atoms with E-state index in [-0.39, 0.29) is 12.2 Å². The van der Waals surface area contributed by atoms with Crippen molar-refractivity contribution in [2.45, 2.75) is 44.8 Å². The number of aliphatic hydroxyl groups excluding tert-OH is 1. The zero-order valence-electron chi connectivity index (χ0n) is 19.9. The number of nitrogens with zero attached hydrogens (tertiary/aromatic N) is 4. The monoisotopic (exact) mass is 467 g/mol. The Morgan fingerprint density at radius 3 is 2.68 bits per heavy atom. The molecule has 0 aliphatic heterocycles. The van der Waals surface area contributed by atoms with Crippen molar-refractivity contribution in [2.24, 2.45) is 14.1 Å². The number of hydrogen-bond donors (Lipinski definition) is 2. The summed E-state index contributed by atoms with van der Waals surface area (Å²) in [6.45, 7) is 1.86. The van der Waals surface area contributed by atoms with Crippen LogP contribution in [-0.2, 0) is 20.6 Å². The van der Waals surface area contributed by atoms with E-state index in [0.717, 1.165) is 29.6 Å². The lowest BCUT2D eigenvalue weighted by atomic mass is 9.94. The van der Waals surface area contributed by atoms with Gasteiger partial charge in [0.2, 0.25) is 0 Å². The number of aromatic nitrogens is 4. The second-order valence-corrected chi connectivity index (χ2v) is 8.84. The van der Waals surface area contributed by atoms with E-state index in [1.165, 1.54) is 35.6 Å². The van der Waals surface area contributed by atoms with Gasteiger partial charge in [0, 0.05) is 27.2 Å². The first kappa shape index (κ1) is 24.0. The Bertz CT molecular complexity index is 1270. The van der Waals surface area contributed by atoms with Crippen LogP contribution in [0.1, 0.15) is 37.7 Å². The summed E-state index contributed by atoms with van der Waals surface area (Å²) in [6, 6.07) is 8.09.